The van der Waals surface area contributed by atoms with Crippen LogP contribution in [0.5, 0.6) is 5.75 Å². The second-order valence-corrected chi connectivity index (χ2v) is 5.32. The van der Waals surface area contributed by atoms with Gasteiger partial charge in [0, 0.05) is 18.2 Å². The molecule has 0 aliphatic carbocycles. The Bertz CT molecular complexity index is 648. The van der Waals surface area contributed by atoms with Crippen molar-refractivity contribution in [1.29, 1.82) is 0 Å². The number of hydrogen-bond donors (Lipinski definition) is 1. The molecule has 2 rings (SSSR count). The number of rotatable bonds is 7. The lowest BCUT2D eigenvalue weighted by Gasteiger charge is -2.22. The third-order valence-electron chi connectivity index (χ3n) is 3.52. The number of likely N-dealkylation sites (N-methyl/N-ethyl adjacent to an activating group) is 1. The lowest BCUT2D eigenvalue weighted by molar-refractivity contribution is -0.116. The quantitative estimate of drug-likeness (QED) is 0.798. The molecule has 1 heterocycles. The van der Waals surface area contributed by atoms with Crippen molar-refractivity contribution in [3.05, 3.63) is 60.1 Å². The van der Waals surface area contributed by atoms with Gasteiger partial charge in [0.15, 0.2) is 0 Å². The number of hydrogen-bond acceptors (Lipinski definition) is 4. The van der Waals surface area contributed by atoms with Gasteiger partial charge >= 0.3 is 0 Å². The Hall–Kier alpha value is -2.53. The molecule has 23 heavy (non-hydrogen) atoms. The van der Waals surface area contributed by atoms with Gasteiger partial charge in [-0.1, -0.05) is 18.2 Å². The fourth-order valence-electron chi connectivity index (χ4n) is 2.24. The van der Waals surface area contributed by atoms with Crippen molar-refractivity contribution in [3.63, 3.8) is 0 Å². The van der Waals surface area contributed by atoms with Gasteiger partial charge < -0.3 is 14.5 Å². The first kappa shape index (κ1) is 16.8. The number of methoxy groups -OCH3 is 1. The Morgan fingerprint density at radius 1 is 1.30 bits per heavy atom. The smallest absolute Gasteiger partial charge is 0.244 e. The Kier molecular flexibility index (Phi) is 6.00. The number of ether oxygens (including phenoxy) is 1. The summed E-state index contributed by atoms with van der Waals surface area (Å²) in [4.78, 5) is 14.0. The summed E-state index contributed by atoms with van der Waals surface area (Å²) in [6.07, 6.45) is 4.88. The number of carbonyl (C=O) groups excluding carboxylic acids is 1. The maximum atomic E-state index is 12.0. The zero-order chi connectivity index (χ0) is 16.7. The summed E-state index contributed by atoms with van der Waals surface area (Å²) in [7, 11) is 5.51. The van der Waals surface area contributed by atoms with Gasteiger partial charge in [0.25, 0.3) is 0 Å². The summed E-state index contributed by atoms with van der Waals surface area (Å²) in [5, 5.41) is 2.89. The Morgan fingerprint density at radius 2 is 2.09 bits per heavy atom. The van der Waals surface area contributed by atoms with E-state index in [9.17, 15) is 4.79 Å². The van der Waals surface area contributed by atoms with Crippen molar-refractivity contribution < 1.29 is 13.9 Å². The summed E-state index contributed by atoms with van der Waals surface area (Å²) < 4.78 is 10.7. The molecule has 122 valence electrons. The van der Waals surface area contributed by atoms with Crippen LogP contribution in [0.25, 0.3) is 6.08 Å². The third-order valence-corrected chi connectivity index (χ3v) is 3.52. The average Bonchev–Trinajstić information content (AvgIpc) is 3.07. The molecule has 5 nitrogen and oxygen atoms in total. The second-order valence-electron chi connectivity index (χ2n) is 5.32. The van der Waals surface area contributed by atoms with Crippen LogP contribution in [-0.2, 0) is 4.79 Å². The van der Waals surface area contributed by atoms with E-state index in [1.165, 1.54) is 6.08 Å². The molecule has 0 aliphatic heterocycles. The first-order chi connectivity index (χ1) is 11.1. The molecule has 0 saturated heterocycles. The Balaban J connectivity index is 1.95. The van der Waals surface area contributed by atoms with Crippen LogP contribution in [0, 0.1) is 0 Å². The van der Waals surface area contributed by atoms with Crippen molar-refractivity contribution in [1.82, 2.24) is 10.2 Å². The normalized spacial score (nSPS) is 12.5. The molecule has 5 heteroatoms. The van der Waals surface area contributed by atoms with Crippen molar-refractivity contribution in [2.45, 2.75) is 6.04 Å². The number of nitrogens with one attached hydrogen (secondary N) is 1. The highest BCUT2D eigenvalue weighted by Crippen LogP contribution is 2.19. The second kappa shape index (κ2) is 8.19. The van der Waals surface area contributed by atoms with Crippen molar-refractivity contribution >= 4 is 12.0 Å². The number of nitrogens with zero attached hydrogens (tertiary/aromatic N) is 1. The first-order valence-electron chi connectivity index (χ1n) is 7.40. The molecular weight excluding hydrogens is 292 g/mol. The zero-order valence-corrected chi connectivity index (χ0v) is 13.7. The predicted molar refractivity (Wildman–Crippen MR) is 90.2 cm³/mol. The number of carbonyl (C=O) groups is 1. The zero-order valence-electron chi connectivity index (χ0n) is 13.7. The Labute approximate surface area is 136 Å². The first-order valence-corrected chi connectivity index (χ1v) is 7.40. The number of para-hydroxylation sites is 1. The molecule has 0 saturated carbocycles. The molecular formula is C18H22N2O3. The fraction of sp³-hybridized carbons (Fsp3) is 0.278. The average molecular weight is 314 g/mol. The van der Waals surface area contributed by atoms with Crippen LogP contribution in [-0.4, -0.2) is 38.6 Å². The summed E-state index contributed by atoms with van der Waals surface area (Å²) >= 11 is 0. The van der Waals surface area contributed by atoms with Gasteiger partial charge in [-0.05, 0) is 38.4 Å². The van der Waals surface area contributed by atoms with Gasteiger partial charge in [-0.15, -0.1) is 0 Å². The number of amides is 1. The van der Waals surface area contributed by atoms with E-state index < -0.39 is 0 Å². The summed E-state index contributed by atoms with van der Waals surface area (Å²) in [5.74, 6) is 1.40. The van der Waals surface area contributed by atoms with Crippen LogP contribution >= 0.6 is 0 Å². The summed E-state index contributed by atoms with van der Waals surface area (Å²) in [6.45, 7) is 0.468. The number of furan rings is 1. The fourth-order valence-corrected chi connectivity index (χ4v) is 2.24. The van der Waals surface area contributed by atoms with Gasteiger partial charge in [0.05, 0.1) is 19.4 Å². The van der Waals surface area contributed by atoms with Gasteiger partial charge in [-0.25, -0.2) is 0 Å². The molecule has 0 fully saturated rings. The topological polar surface area (TPSA) is 54.7 Å². The molecule has 1 N–H and O–H groups in total. The molecule has 1 aromatic carbocycles. The van der Waals surface area contributed by atoms with E-state index >= 15 is 0 Å². The molecule has 0 bridgehead atoms. The Morgan fingerprint density at radius 3 is 2.74 bits per heavy atom. The van der Waals surface area contributed by atoms with Crippen molar-refractivity contribution in [2.75, 3.05) is 27.7 Å². The van der Waals surface area contributed by atoms with Crippen LogP contribution in [0.15, 0.2) is 53.2 Å². The molecule has 1 amide bonds. The van der Waals surface area contributed by atoms with Crippen LogP contribution in [0.3, 0.4) is 0 Å². The minimum Gasteiger partial charge on any atom is -0.496 e. The number of benzene rings is 1. The van der Waals surface area contributed by atoms with Gasteiger partial charge in [0.2, 0.25) is 5.91 Å². The lowest BCUT2D eigenvalue weighted by Crippen LogP contribution is -2.33. The maximum Gasteiger partial charge on any atom is 0.244 e. The van der Waals surface area contributed by atoms with Crippen molar-refractivity contribution in [2.24, 2.45) is 0 Å². The van der Waals surface area contributed by atoms with E-state index in [-0.39, 0.29) is 11.9 Å². The molecule has 2 aromatic rings. The summed E-state index contributed by atoms with van der Waals surface area (Å²) in [6, 6.07) is 11.3. The molecule has 0 spiro atoms. The maximum absolute atomic E-state index is 12.0. The standard InChI is InChI=1S/C18H22N2O3/c1-20(2)15(17-9-6-12-23-17)13-19-18(21)11-10-14-7-4-5-8-16(14)22-3/h4-12,15H,13H2,1-3H3,(H,19,21). The van der Waals surface area contributed by atoms with Crippen LogP contribution in [0.2, 0.25) is 0 Å². The highest BCUT2D eigenvalue weighted by atomic mass is 16.5. The molecule has 1 aromatic heterocycles. The van der Waals surface area contributed by atoms with E-state index in [1.54, 1.807) is 19.4 Å². The molecule has 0 aliphatic rings. The monoisotopic (exact) mass is 314 g/mol. The SMILES string of the molecule is COc1ccccc1C=CC(=O)NCC(c1ccco1)N(C)C. The minimum absolute atomic E-state index is 0.00592. The molecule has 1 atom stereocenters. The van der Waals surface area contributed by atoms with Crippen LogP contribution in [0.1, 0.15) is 17.4 Å². The van der Waals surface area contributed by atoms with E-state index in [0.717, 1.165) is 17.1 Å². The molecule has 0 radical (unpaired) electrons. The van der Waals surface area contributed by atoms with Gasteiger partial charge in [0.1, 0.15) is 11.5 Å². The highest BCUT2D eigenvalue weighted by molar-refractivity contribution is 5.92. The lowest BCUT2D eigenvalue weighted by atomic mass is 10.2. The largest absolute Gasteiger partial charge is 0.496 e. The van der Waals surface area contributed by atoms with Gasteiger partial charge in [-0.3, -0.25) is 9.69 Å². The van der Waals surface area contributed by atoms with Gasteiger partial charge in [-0.2, -0.15) is 0 Å². The van der Waals surface area contributed by atoms with E-state index in [1.807, 2.05) is 55.4 Å². The van der Waals surface area contributed by atoms with E-state index in [2.05, 4.69) is 5.32 Å². The van der Waals surface area contributed by atoms with E-state index in [0.29, 0.717) is 6.54 Å². The van der Waals surface area contributed by atoms with Crippen molar-refractivity contribution in [3.8, 4) is 5.75 Å². The van der Waals surface area contributed by atoms with E-state index in [4.69, 9.17) is 9.15 Å². The predicted octanol–water partition coefficient (Wildman–Crippen LogP) is 2.72. The highest BCUT2D eigenvalue weighted by Gasteiger charge is 2.17. The molecule has 1 unspecified atom stereocenters. The van der Waals surface area contributed by atoms with Crippen LogP contribution < -0.4 is 10.1 Å². The minimum atomic E-state index is -0.158. The third kappa shape index (κ3) is 4.72. The van der Waals surface area contributed by atoms with Crippen LogP contribution in [0.4, 0.5) is 0 Å². The summed E-state index contributed by atoms with van der Waals surface area (Å²) in [5.41, 5.74) is 0.861.